The van der Waals surface area contributed by atoms with E-state index in [9.17, 15) is 13.6 Å². The molecule has 1 amide bonds. The Hall–Kier alpha value is -1.21. The van der Waals surface area contributed by atoms with Crippen LogP contribution in [0.2, 0.25) is 0 Å². The highest BCUT2D eigenvalue weighted by molar-refractivity contribution is 9.10. The summed E-state index contributed by atoms with van der Waals surface area (Å²) in [4.78, 5) is 11.3. The third-order valence-electron chi connectivity index (χ3n) is 2.72. The minimum absolute atomic E-state index is 0.199. The van der Waals surface area contributed by atoms with Crippen LogP contribution in [0.3, 0.4) is 0 Å². The summed E-state index contributed by atoms with van der Waals surface area (Å²) in [5.74, 6) is -2.68. The molecule has 118 valence electrons. The Morgan fingerprint density at radius 1 is 1.29 bits per heavy atom. The van der Waals surface area contributed by atoms with Crippen LogP contribution < -0.4 is 15.8 Å². The third kappa shape index (κ3) is 7.96. The van der Waals surface area contributed by atoms with Gasteiger partial charge in [-0.3, -0.25) is 4.79 Å². The van der Waals surface area contributed by atoms with E-state index in [-0.39, 0.29) is 6.42 Å². The third-order valence-corrected chi connectivity index (χ3v) is 3.25. The summed E-state index contributed by atoms with van der Waals surface area (Å²) in [5, 5.41) is 2.17. The second-order valence-electron chi connectivity index (χ2n) is 4.60. The number of carbonyl (C=O) groups is 1. The van der Waals surface area contributed by atoms with Gasteiger partial charge in [0.25, 0.3) is 5.92 Å². The zero-order chi connectivity index (χ0) is 15.7. The number of nitrogens with two attached hydrogens (primary N) is 1. The van der Waals surface area contributed by atoms with Gasteiger partial charge in [-0.15, -0.1) is 0 Å². The quantitative estimate of drug-likeness (QED) is 0.662. The van der Waals surface area contributed by atoms with Crippen LogP contribution in [0.1, 0.15) is 19.3 Å². The van der Waals surface area contributed by atoms with E-state index in [0.717, 1.165) is 10.2 Å². The van der Waals surface area contributed by atoms with Crippen LogP contribution in [0.15, 0.2) is 28.7 Å². The van der Waals surface area contributed by atoms with Gasteiger partial charge in [-0.1, -0.05) is 15.9 Å². The Morgan fingerprint density at radius 2 is 1.95 bits per heavy atom. The number of halogens is 3. The average Bonchev–Trinajstić information content (AvgIpc) is 2.47. The predicted molar refractivity (Wildman–Crippen MR) is 80.5 cm³/mol. The van der Waals surface area contributed by atoms with Gasteiger partial charge in [0.05, 0.1) is 19.7 Å². The Morgan fingerprint density at radius 3 is 2.57 bits per heavy atom. The van der Waals surface area contributed by atoms with Crippen molar-refractivity contribution in [3.8, 4) is 5.75 Å². The van der Waals surface area contributed by atoms with Gasteiger partial charge in [0.15, 0.2) is 0 Å². The second-order valence-corrected chi connectivity index (χ2v) is 5.51. The molecule has 0 atom stereocenters. The number of carbonyl (C=O) groups excluding carboxylic acids is 1. The van der Waals surface area contributed by atoms with Crippen LogP contribution in [0.25, 0.3) is 0 Å². The van der Waals surface area contributed by atoms with Gasteiger partial charge >= 0.3 is 0 Å². The first-order valence-corrected chi connectivity index (χ1v) is 7.45. The maximum Gasteiger partial charge on any atom is 0.277 e. The van der Waals surface area contributed by atoms with Gasteiger partial charge in [0.1, 0.15) is 5.75 Å². The van der Waals surface area contributed by atoms with E-state index in [2.05, 4.69) is 21.2 Å². The van der Waals surface area contributed by atoms with Crippen molar-refractivity contribution in [3.63, 3.8) is 0 Å². The van der Waals surface area contributed by atoms with E-state index in [1.807, 2.05) is 24.3 Å². The van der Waals surface area contributed by atoms with Crippen molar-refractivity contribution in [2.75, 3.05) is 19.7 Å². The largest absolute Gasteiger partial charge is 0.494 e. The Labute approximate surface area is 131 Å². The number of hydrogen-bond acceptors (Lipinski definition) is 3. The second kappa shape index (κ2) is 8.94. The molecule has 0 aliphatic heterocycles. The van der Waals surface area contributed by atoms with Crippen molar-refractivity contribution in [1.29, 1.82) is 0 Å². The smallest absolute Gasteiger partial charge is 0.277 e. The van der Waals surface area contributed by atoms with Gasteiger partial charge in [0, 0.05) is 10.9 Å². The number of ether oxygens (including phenoxy) is 1. The van der Waals surface area contributed by atoms with Crippen molar-refractivity contribution >= 4 is 21.8 Å². The molecule has 1 aromatic carbocycles. The van der Waals surface area contributed by atoms with Gasteiger partial charge in [-0.25, -0.2) is 8.78 Å². The summed E-state index contributed by atoms with van der Waals surface area (Å²) in [6.45, 7) is -1.00. The molecule has 0 fully saturated rings. The molecule has 0 unspecified atom stereocenters. The first-order chi connectivity index (χ1) is 9.93. The zero-order valence-electron chi connectivity index (χ0n) is 11.6. The molecule has 0 saturated heterocycles. The molecule has 0 heterocycles. The Balaban J connectivity index is 2.08. The van der Waals surface area contributed by atoms with E-state index >= 15 is 0 Å². The van der Waals surface area contributed by atoms with Crippen molar-refractivity contribution in [2.45, 2.75) is 25.2 Å². The monoisotopic (exact) mass is 364 g/mol. The average molecular weight is 365 g/mol. The summed E-state index contributed by atoms with van der Waals surface area (Å²) in [6, 6.07) is 7.43. The van der Waals surface area contributed by atoms with Crippen LogP contribution >= 0.6 is 15.9 Å². The van der Waals surface area contributed by atoms with Crippen molar-refractivity contribution < 1.29 is 18.3 Å². The van der Waals surface area contributed by atoms with Crippen molar-refractivity contribution in [2.24, 2.45) is 5.73 Å². The van der Waals surface area contributed by atoms with Crippen molar-refractivity contribution in [3.05, 3.63) is 28.7 Å². The topological polar surface area (TPSA) is 64.3 Å². The summed E-state index contributed by atoms with van der Waals surface area (Å²) < 4.78 is 32.1. The fourth-order valence-corrected chi connectivity index (χ4v) is 1.76. The number of amides is 1. The molecule has 0 aliphatic rings. The first-order valence-electron chi connectivity index (χ1n) is 6.66. The molecule has 0 aliphatic carbocycles. The van der Waals surface area contributed by atoms with E-state index in [0.29, 0.717) is 19.4 Å². The van der Waals surface area contributed by atoms with Crippen molar-refractivity contribution in [1.82, 2.24) is 5.32 Å². The van der Waals surface area contributed by atoms with Gasteiger partial charge in [-0.05, 0) is 37.1 Å². The zero-order valence-corrected chi connectivity index (χ0v) is 13.2. The number of benzene rings is 1. The Bertz CT molecular complexity index is 441. The van der Waals surface area contributed by atoms with Crippen LogP contribution in [0.4, 0.5) is 8.78 Å². The lowest BCUT2D eigenvalue weighted by Gasteiger charge is -2.14. The number of hydrogen-bond donors (Lipinski definition) is 2. The summed E-state index contributed by atoms with van der Waals surface area (Å²) in [6.07, 6.45) is 1.46. The van der Waals surface area contributed by atoms with E-state index in [4.69, 9.17) is 10.5 Å². The highest BCUT2D eigenvalue weighted by atomic mass is 79.9. The molecule has 0 bridgehead atoms. The standard InChI is InChI=1S/C14H19BrF2N2O2/c15-11-4-6-12(7-5-11)21-8-2-1-3-13(20)19-10-14(16,17)9-18/h4-7H,1-3,8-10,18H2,(H,19,20). The molecule has 21 heavy (non-hydrogen) atoms. The minimum Gasteiger partial charge on any atom is -0.494 e. The van der Waals surface area contributed by atoms with Gasteiger partial charge in [-0.2, -0.15) is 0 Å². The molecular weight excluding hydrogens is 346 g/mol. The molecular formula is C14H19BrF2N2O2. The van der Waals surface area contributed by atoms with Gasteiger partial charge < -0.3 is 15.8 Å². The summed E-state index contributed by atoms with van der Waals surface area (Å²) in [7, 11) is 0. The molecule has 0 spiro atoms. The van der Waals surface area contributed by atoms with Crippen LogP contribution in [-0.2, 0) is 4.79 Å². The molecule has 3 N–H and O–H groups in total. The lowest BCUT2D eigenvalue weighted by Crippen LogP contribution is -2.41. The highest BCUT2D eigenvalue weighted by Crippen LogP contribution is 2.16. The number of rotatable bonds is 9. The SMILES string of the molecule is NCC(F)(F)CNC(=O)CCCCOc1ccc(Br)cc1. The number of alkyl halides is 2. The van der Waals surface area contributed by atoms with Crippen LogP contribution in [-0.4, -0.2) is 31.5 Å². The normalized spacial score (nSPS) is 11.2. The molecule has 0 aromatic heterocycles. The van der Waals surface area contributed by atoms with Gasteiger partial charge in [0.2, 0.25) is 5.91 Å². The maximum absolute atomic E-state index is 12.8. The fourth-order valence-electron chi connectivity index (χ4n) is 1.50. The predicted octanol–water partition coefficient (Wildman–Crippen LogP) is 2.71. The van der Waals surface area contributed by atoms with E-state index in [1.165, 1.54) is 0 Å². The Kier molecular flexibility index (Phi) is 7.60. The molecule has 4 nitrogen and oxygen atoms in total. The molecule has 1 rings (SSSR count). The summed E-state index contributed by atoms with van der Waals surface area (Å²) >= 11 is 3.33. The molecule has 0 saturated carbocycles. The highest BCUT2D eigenvalue weighted by Gasteiger charge is 2.26. The lowest BCUT2D eigenvalue weighted by atomic mass is 10.2. The first kappa shape index (κ1) is 17.8. The maximum atomic E-state index is 12.8. The molecule has 0 radical (unpaired) electrons. The van der Waals surface area contributed by atoms with Crippen LogP contribution in [0.5, 0.6) is 5.75 Å². The summed E-state index contributed by atoms with van der Waals surface area (Å²) in [5.41, 5.74) is 4.88. The lowest BCUT2D eigenvalue weighted by molar-refractivity contribution is -0.123. The number of unbranched alkanes of at least 4 members (excludes halogenated alkanes) is 1. The molecule has 1 aromatic rings. The van der Waals surface area contributed by atoms with Crippen LogP contribution in [0, 0.1) is 0 Å². The fraction of sp³-hybridized carbons (Fsp3) is 0.500. The number of nitrogens with one attached hydrogen (secondary N) is 1. The van der Waals surface area contributed by atoms with E-state index in [1.54, 1.807) is 0 Å². The van der Waals surface area contributed by atoms with E-state index < -0.39 is 24.9 Å². The molecule has 7 heteroatoms. The minimum atomic E-state index is -3.04.